The number of fused-ring (bicyclic) bond motifs is 1. The highest BCUT2D eigenvalue weighted by Crippen LogP contribution is 2.33. The van der Waals surface area contributed by atoms with E-state index in [9.17, 15) is 9.59 Å². The number of carbonyl (C=O) groups is 2. The second kappa shape index (κ2) is 10.5. The summed E-state index contributed by atoms with van der Waals surface area (Å²) >= 11 is 12.3. The van der Waals surface area contributed by atoms with Crippen molar-refractivity contribution in [3.05, 3.63) is 118 Å². The highest BCUT2D eigenvalue weighted by molar-refractivity contribution is 8.26. The fourth-order valence-corrected chi connectivity index (χ4v) is 4.99. The van der Waals surface area contributed by atoms with Gasteiger partial charge >= 0.3 is 0 Å². The van der Waals surface area contributed by atoms with Crippen LogP contribution in [0.3, 0.4) is 0 Å². The second-order valence-electron chi connectivity index (χ2n) is 7.97. The first-order valence-corrected chi connectivity index (χ1v) is 12.6. The Balaban J connectivity index is 1.31. The normalized spacial score (nSPS) is 14.5. The molecule has 0 aromatic heterocycles. The monoisotopic (exact) mass is 530 g/mol. The number of hydrogen-bond acceptors (Lipinski definition) is 5. The molecule has 2 amide bonds. The zero-order chi connectivity index (χ0) is 25.1. The van der Waals surface area contributed by atoms with E-state index >= 15 is 0 Å². The van der Waals surface area contributed by atoms with Crippen LogP contribution >= 0.6 is 35.6 Å². The van der Waals surface area contributed by atoms with Gasteiger partial charge in [0.25, 0.3) is 11.8 Å². The van der Waals surface area contributed by atoms with Crippen molar-refractivity contribution in [2.24, 2.45) is 0 Å². The molecule has 0 aliphatic carbocycles. The van der Waals surface area contributed by atoms with E-state index in [2.05, 4.69) is 29.7 Å². The smallest absolute Gasteiger partial charge is 0.285 e. The van der Waals surface area contributed by atoms with Gasteiger partial charge < -0.3 is 4.74 Å². The minimum atomic E-state index is -0.455. The zero-order valence-electron chi connectivity index (χ0n) is 18.8. The summed E-state index contributed by atoms with van der Waals surface area (Å²) in [6.45, 7) is 0.383. The van der Waals surface area contributed by atoms with Crippen LogP contribution in [0.1, 0.15) is 21.5 Å². The largest absolute Gasteiger partial charge is 0.488 e. The number of nitrogens with one attached hydrogen (secondary N) is 1. The van der Waals surface area contributed by atoms with Gasteiger partial charge in [0.1, 0.15) is 12.4 Å². The summed E-state index contributed by atoms with van der Waals surface area (Å²) in [6.07, 6.45) is 1.73. The number of ether oxygens (including phenoxy) is 1. The molecule has 1 N–H and O–H groups in total. The molecule has 1 aliphatic heterocycles. The van der Waals surface area contributed by atoms with Gasteiger partial charge in [-0.1, -0.05) is 78.0 Å². The molecule has 178 valence electrons. The molecule has 5 rings (SSSR count). The average molecular weight is 531 g/mol. The van der Waals surface area contributed by atoms with Gasteiger partial charge in [-0.2, -0.15) is 5.01 Å². The lowest BCUT2D eigenvalue weighted by molar-refractivity contribution is -0.123. The maximum atomic E-state index is 13.0. The molecule has 0 radical (unpaired) electrons. The quantitative estimate of drug-likeness (QED) is 0.224. The Bertz CT molecular complexity index is 1520. The molecule has 0 atom stereocenters. The number of amides is 2. The predicted molar refractivity (Wildman–Crippen MR) is 149 cm³/mol. The van der Waals surface area contributed by atoms with Crippen molar-refractivity contribution >= 4 is 68.6 Å². The minimum absolute atomic E-state index is 0.239. The summed E-state index contributed by atoms with van der Waals surface area (Å²) in [5.74, 6) is -0.221. The Morgan fingerprint density at radius 2 is 1.69 bits per heavy atom. The van der Waals surface area contributed by atoms with E-state index < -0.39 is 11.8 Å². The number of halogens is 1. The Labute approximate surface area is 222 Å². The molecule has 0 saturated carbocycles. The molecule has 36 heavy (non-hydrogen) atoms. The zero-order valence-corrected chi connectivity index (χ0v) is 21.2. The van der Waals surface area contributed by atoms with Gasteiger partial charge in [0.05, 0.1) is 4.91 Å². The summed E-state index contributed by atoms with van der Waals surface area (Å²) in [4.78, 5) is 26.0. The van der Waals surface area contributed by atoms with Crippen molar-refractivity contribution in [3.63, 3.8) is 0 Å². The summed E-state index contributed by atoms with van der Waals surface area (Å²) in [7, 11) is 0. The maximum absolute atomic E-state index is 13.0. The third kappa shape index (κ3) is 5.28. The number of hydrazine groups is 1. The number of thiocarbonyl (C=S) groups is 1. The third-order valence-electron chi connectivity index (χ3n) is 5.53. The van der Waals surface area contributed by atoms with Gasteiger partial charge in [-0.3, -0.25) is 15.0 Å². The van der Waals surface area contributed by atoms with Crippen LogP contribution in [-0.2, 0) is 11.4 Å². The first kappa shape index (κ1) is 24.1. The van der Waals surface area contributed by atoms with Gasteiger partial charge in [-0.05, 0) is 71.0 Å². The number of rotatable bonds is 6. The summed E-state index contributed by atoms with van der Waals surface area (Å²) in [6, 6.07) is 28.2. The lowest BCUT2D eigenvalue weighted by Crippen LogP contribution is -2.44. The molecule has 0 bridgehead atoms. The van der Waals surface area contributed by atoms with Gasteiger partial charge in [-0.25, -0.2) is 0 Å². The van der Waals surface area contributed by atoms with Crippen LogP contribution in [-0.4, -0.2) is 21.1 Å². The number of hydrogen-bond donors (Lipinski definition) is 1. The predicted octanol–water partition coefficient (Wildman–Crippen LogP) is 6.62. The SMILES string of the molecule is O=C(NN1C(=O)/C(=C/c2ccccc2OCc2ccc3ccccc3c2)SC1=S)c1ccc(Cl)cc1. The molecule has 0 spiro atoms. The highest BCUT2D eigenvalue weighted by atomic mass is 35.5. The van der Waals surface area contributed by atoms with Crippen molar-refractivity contribution in [3.8, 4) is 5.75 Å². The molecule has 0 unspecified atom stereocenters. The van der Waals surface area contributed by atoms with Crippen LogP contribution in [0.15, 0.2) is 95.9 Å². The second-order valence-corrected chi connectivity index (χ2v) is 10.1. The topological polar surface area (TPSA) is 58.6 Å². The molecule has 1 saturated heterocycles. The molecule has 4 aromatic carbocycles. The number of para-hydroxylation sites is 1. The maximum Gasteiger partial charge on any atom is 0.285 e. The van der Waals surface area contributed by atoms with Crippen molar-refractivity contribution in [2.45, 2.75) is 6.61 Å². The Morgan fingerprint density at radius 3 is 2.50 bits per heavy atom. The Morgan fingerprint density at radius 1 is 0.972 bits per heavy atom. The lowest BCUT2D eigenvalue weighted by Gasteiger charge is -2.15. The van der Waals surface area contributed by atoms with E-state index in [0.717, 1.165) is 33.3 Å². The number of thioether (sulfide) groups is 1. The van der Waals surface area contributed by atoms with E-state index in [1.165, 1.54) is 5.39 Å². The van der Waals surface area contributed by atoms with Gasteiger partial charge in [0.2, 0.25) is 0 Å². The van der Waals surface area contributed by atoms with Gasteiger partial charge in [-0.15, -0.1) is 0 Å². The van der Waals surface area contributed by atoms with E-state index in [1.54, 1.807) is 30.3 Å². The summed E-state index contributed by atoms with van der Waals surface area (Å²) in [5, 5.41) is 3.92. The van der Waals surface area contributed by atoms with E-state index in [4.69, 9.17) is 28.6 Å². The standard InChI is InChI=1S/C28H19ClN2O3S2/c29-23-13-11-20(12-14-23)26(32)30-31-27(33)25(36-28(31)35)16-22-7-3-4-8-24(22)34-17-18-9-10-19-5-1-2-6-21(19)15-18/h1-16H,17H2,(H,30,32)/b25-16-. The molecular formula is C28H19ClN2O3S2. The van der Waals surface area contributed by atoms with Crippen LogP contribution in [0.25, 0.3) is 16.8 Å². The highest BCUT2D eigenvalue weighted by Gasteiger charge is 2.34. The van der Waals surface area contributed by atoms with E-state index in [0.29, 0.717) is 27.8 Å². The van der Waals surface area contributed by atoms with Crippen LogP contribution < -0.4 is 10.2 Å². The first-order chi connectivity index (χ1) is 17.5. The summed E-state index contributed by atoms with van der Waals surface area (Å²) < 4.78 is 6.35. The van der Waals surface area contributed by atoms with Crippen molar-refractivity contribution in [1.82, 2.24) is 10.4 Å². The lowest BCUT2D eigenvalue weighted by atomic mass is 10.1. The summed E-state index contributed by atoms with van der Waals surface area (Å²) in [5.41, 5.74) is 4.72. The molecule has 1 fully saturated rings. The number of nitrogens with zero attached hydrogens (tertiary/aromatic N) is 1. The van der Waals surface area contributed by atoms with E-state index in [1.807, 2.05) is 42.5 Å². The number of carbonyl (C=O) groups excluding carboxylic acids is 2. The Hall–Kier alpha value is -3.65. The number of benzene rings is 4. The minimum Gasteiger partial charge on any atom is -0.488 e. The van der Waals surface area contributed by atoms with Crippen LogP contribution in [0, 0.1) is 0 Å². The van der Waals surface area contributed by atoms with Crippen molar-refractivity contribution in [1.29, 1.82) is 0 Å². The molecule has 1 heterocycles. The van der Waals surface area contributed by atoms with Crippen LogP contribution in [0.5, 0.6) is 5.75 Å². The first-order valence-electron chi connectivity index (χ1n) is 11.0. The molecule has 1 aliphatic rings. The fraction of sp³-hybridized carbons (Fsp3) is 0.0357. The van der Waals surface area contributed by atoms with Crippen molar-refractivity contribution in [2.75, 3.05) is 0 Å². The molecule has 5 nitrogen and oxygen atoms in total. The van der Waals surface area contributed by atoms with Crippen molar-refractivity contribution < 1.29 is 14.3 Å². The molecule has 4 aromatic rings. The van der Waals surface area contributed by atoms with Gasteiger partial charge in [0, 0.05) is 16.1 Å². The van der Waals surface area contributed by atoms with Crippen LogP contribution in [0.4, 0.5) is 0 Å². The Kier molecular flexibility index (Phi) is 7.04. The van der Waals surface area contributed by atoms with E-state index in [-0.39, 0.29) is 4.32 Å². The fourth-order valence-electron chi connectivity index (χ4n) is 3.69. The average Bonchev–Trinajstić information content (AvgIpc) is 3.15. The molecular weight excluding hydrogens is 512 g/mol. The third-order valence-corrected chi connectivity index (χ3v) is 7.08. The van der Waals surface area contributed by atoms with Crippen LogP contribution in [0.2, 0.25) is 5.02 Å². The molecule has 8 heteroatoms. The van der Waals surface area contributed by atoms with Gasteiger partial charge in [0.15, 0.2) is 4.32 Å².